The molecule has 1 aromatic carbocycles. The van der Waals surface area contributed by atoms with Crippen molar-refractivity contribution in [3.8, 4) is 5.75 Å². The number of aryl methyl sites for hydroxylation is 2. The number of nitrogens with zero attached hydrogens (tertiary/aromatic N) is 3. The minimum atomic E-state index is -0.218. The van der Waals surface area contributed by atoms with Crippen LogP contribution in [0.3, 0.4) is 0 Å². The Morgan fingerprint density at radius 2 is 2.11 bits per heavy atom. The average molecular weight is 363 g/mol. The van der Waals surface area contributed by atoms with Gasteiger partial charge in [-0.15, -0.1) is 0 Å². The second-order valence-electron chi connectivity index (χ2n) is 6.44. The van der Waals surface area contributed by atoms with Gasteiger partial charge in [-0.25, -0.2) is 9.97 Å². The number of nitrogens with one attached hydrogen (secondary N) is 2. The average Bonchev–Trinajstić information content (AvgIpc) is 3.12. The molecule has 1 amide bonds. The number of rotatable bonds is 5. The fourth-order valence-corrected chi connectivity index (χ4v) is 2.97. The van der Waals surface area contributed by atoms with Crippen molar-refractivity contribution in [3.63, 3.8) is 0 Å². The van der Waals surface area contributed by atoms with Crippen LogP contribution in [0.1, 0.15) is 28.4 Å². The second-order valence-corrected chi connectivity index (χ2v) is 6.44. The van der Waals surface area contributed by atoms with Crippen molar-refractivity contribution >= 4 is 17.3 Å². The molecule has 0 aliphatic carbocycles. The van der Waals surface area contributed by atoms with Crippen molar-refractivity contribution in [2.45, 2.75) is 19.4 Å². The van der Waals surface area contributed by atoms with E-state index in [2.05, 4.69) is 20.6 Å². The molecule has 7 heteroatoms. The van der Waals surface area contributed by atoms with E-state index in [0.29, 0.717) is 23.7 Å². The fourth-order valence-electron chi connectivity index (χ4n) is 2.97. The van der Waals surface area contributed by atoms with Gasteiger partial charge in [0.1, 0.15) is 23.9 Å². The number of hydrogen-bond donors (Lipinski definition) is 2. The second kappa shape index (κ2) is 7.49. The zero-order chi connectivity index (χ0) is 18.6. The Bertz CT molecular complexity index is 949. The monoisotopic (exact) mass is 363 g/mol. The van der Waals surface area contributed by atoms with Crippen LogP contribution in [-0.2, 0) is 20.1 Å². The summed E-state index contributed by atoms with van der Waals surface area (Å²) in [7, 11) is 1.93. The zero-order valence-electron chi connectivity index (χ0n) is 15.1. The summed E-state index contributed by atoms with van der Waals surface area (Å²) in [5.74, 6) is 1.35. The smallest absolute Gasteiger partial charge is 0.274 e. The Morgan fingerprint density at radius 3 is 2.89 bits per heavy atom. The third-order valence-corrected chi connectivity index (χ3v) is 4.51. The van der Waals surface area contributed by atoms with Crippen LogP contribution in [-0.4, -0.2) is 27.0 Å². The summed E-state index contributed by atoms with van der Waals surface area (Å²) in [6, 6.07) is 10.9. The predicted molar refractivity (Wildman–Crippen MR) is 103 cm³/mol. The lowest BCUT2D eigenvalue weighted by molar-refractivity contribution is 0.102. The van der Waals surface area contributed by atoms with Gasteiger partial charge in [-0.3, -0.25) is 4.79 Å². The van der Waals surface area contributed by atoms with E-state index in [4.69, 9.17) is 4.74 Å². The lowest BCUT2D eigenvalue weighted by Gasteiger charge is -2.17. The highest BCUT2D eigenvalue weighted by atomic mass is 16.5. The van der Waals surface area contributed by atoms with Crippen molar-refractivity contribution in [3.05, 3.63) is 66.0 Å². The molecule has 0 atom stereocenters. The molecule has 3 heterocycles. The first-order chi connectivity index (χ1) is 13.2. The molecule has 0 saturated carbocycles. The highest BCUT2D eigenvalue weighted by molar-refractivity contribution is 6.03. The highest BCUT2D eigenvalue weighted by Gasteiger charge is 2.14. The molecule has 7 nitrogen and oxygen atoms in total. The van der Waals surface area contributed by atoms with Crippen molar-refractivity contribution in [2.75, 3.05) is 17.2 Å². The maximum atomic E-state index is 12.5. The molecule has 0 unspecified atom stereocenters. The van der Waals surface area contributed by atoms with E-state index < -0.39 is 0 Å². The van der Waals surface area contributed by atoms with Gasteiger partial charge in [0.25, 0.3) is 5.91 Å². The Balaban J connectivity index is 1.38. The first-order valence-electron chi connectivity index (χ1n) is 8.93. The number of carbonyl (C=O) groups excluding carboxylic acids is 1. The summed E-state index contributed by atoms with van der Waals surface area (Å²) in [6.45, 7) is 1.34. The Kier molecular flexibility index (Phi) is 4.74. The molecular formula is C20H21N5O2. The van der Waals surface area contributed by atoms with Gasteiger partial charge in [0.2, 0.25) is 0 Å². The van der Waals surface area contributed by atoms with Crippen LogP contribution in [0.4, 0.5) is 11.4 Å². The molecule has 0 fully saturated rings. The maximum absolute atomic E-state index is 12.5. The Morgan fingerprint density at radius 1 is 1.26 bits per heavy atom. The number of imidazole rings is 1. The molecule has 0 saturated heterocycles. The van der Waals surface area contributed by atoms with Crippen molar-refractivity contribution in [1.82, 2.24) is 14.5 Å². The van der Waals surface area contributed by atoms with Crippen LogP contribution >= 0.6 is 0 Å². The first kappa shape index (κ1) is 17.1. The van der Waals surface area contributed by atoms with Crippen LogP contribution in [0.5, 0.6) is 5.75 Å². The summed E-state index contributed by atoms with van der Waals surface area (Å²) in [5, 5.41) is 6.17. The SMILES string of the molecule is Cn1ccnc1COc1ccc(NC(=O)c2ccc3c(n2)CCCN3)cc1. The van der Waals surface area contributed by atoms with E-state index >= 15 is 0 Å². The number of benzene rings is 1. The summed E-state index contributed by atoms with van der Waals surface area (Å²) < 4.78 is 7.64. The topological polar surface area (TPSA) is 81.1 Å². The fraction of sp³-hybridized carbons (Fsp3) is 0.250. The number of fused-ring (bicyclic) bond motifs is 1. The molecule has 2 aromatic heterocycles. The minimum Gasteiger partial charge on any atom is -0.486 e. The molecular weight excluding hydrogens is 342 g/mol. The molecule has 2 N–H and O–H groups in total. The first-order valence-corrected chi connectivity index (χ1v) is 8.93. The van der Waals surface area contributed by atoms with Gasteiger partial charge in [-0.2, -0.15) is 0 Å². The van der Waals surface area contributed by atoms with Crippen molar-refractivity contribution in [1.29, 1.82) is 0 Å². The van der Waals surface area contributed by atoms with Gasteiger partial charge in [-0.05, 0) is 49.2 Å². The van der Waals surface area contributed by atoms with E-state index in [1.807, 2.05) is 48.1 Å². The lowest BCUT2D eigenvalue weighted by atomic mass is 10.1. The van der Waals surface area contributed by atoms with Crippen LogP contribution in [0.15, 0.2) is 48.8 Å². The third-order valence-electron chi connectivity index (χ3n) is 4.51. The van der Waals surface area contributed by atoms with Gasteiger partial charge in [0.15, 0.2) is 0 Å². The number of pyridine rings is 1. The van der Waals surface area contributed by atoms with E-state index in [1.54, 1.807) is 12.3 Å². The van der Waals surface area contributed by atoms with Crippen LogP contribution in [0, 0.1) is 0 Å². The number of amides is 1. The normalized spacial score (nSPS) is 12.8. The molecule has 3 aromatic rings. The Hall–Kier alpha value is -3.35. The Labute approximate surface area is 157 Å². The molecule has 0 bridgehead atoms. The summed E-state index contributed by atoms with van der Waals surface area (Å²) in [4.78, 5) is 21.2. The molecule has 138 valence electrons. The lowest BCUT2D eigenvalue weighted by Crippen LogP contribution is -2.18. The molecule has 27 heavy (non-hydrogen) atoms. The largest absolute Gasteiger partial charge is 0.486 e. The molecule has 0 radical (unpaired) electrons. The standard InChI is InChI=1S/C20H21N5O2/c1-25-12-11-22-19(25)13-27-15-6-4-14(5-7-15)23-20(26)18-9-8-16-17(24-18)3-2-10-21-16/h4-9,11-12,21H,2-3,10,13H2,1H3,(H,23,26). The highest BCUT2D eigenvalue weighted by Crippen LogP contribution is 2.21. The molecule has 1 aliphatic heterocycles. The van der Waals surface area contributed by atoms with E-state index in [-0.39, 0.29) is 5.91 Å². The van der Waals surface area contributed by atoms with E-state index in [9.17, 15) is 4.79 Å². The molecule has 4 rings (SSSR count). The van der Waals surface area contributed by atoms with Gasteiger partial charge < -0.3 is 19.9 Å². The van der Waals surface area contributed by atoms with Gasteiger partial charge in [0.05, 0.1) is 11.4 Å². The summed E-state index contributed by atoms with van der Waals surface area (Å²) in [6.07, 6.45) is 5.54. The van der Waals surface area contributed by atoms with E-state index in [0.717, 1.165) is 36.6 Å². The molecule has 0 spiro atoms. The summed E-state index contributed by atoms with van der Waals surface area (Å²) in [5.41, 5.74) is 3.09. The number of anilines is 2. The van der Waals surface area contributed by atoms with Crippen LogP contribution in [0.25, 0.3) is 0 Å². The van der Waals surface area contributed by atoms with Crippen molar-refractivity contribution < 1.29 is 9.53 Å². The summed E-state index contributed by atoms with van der Waals surface area (Å²) >= 11 is 0. The predicted octanol–water partition coefficient (Wildman–Crippen LogP) is 3.00. The van der Waals surface area contributed by atoms with E-state index in [1.165, 1.54) is 0 Å². The zero-order valence-corrected chi connectivity index (χ0v) is 15.1. The number of carbonyl (C=O) groups is 1. The van der Waals surface area contributed by atoms with Crippen LogP contribution < -0.4 is 15.4 Å². The third kappa shape index (κ3) is 3.92. The number of ether oxygens (including phenoxy) is 1. The van der Waals surface area contributed by atoms with Crippen molar-refractivity contribution in [2.24, 2.45) is 7.05 Å². The minimum absolute atomic E-state index is 0.218. The maximum Gasteiger partial charge on any atom is 0.274 e. The quantitative estimate of drug-likeness (QED) is 0.728. The number of aromatic nitrogens is 3. The molecule has 1 aliphatic rings. The van der Waals surface area contributed by atoms with Gasteiger partial charge >= 0.3 is 0 Å². The van der Waals surface area contributed by atoms with Gasteiger partial charge in [0, 0.05) is 31.7 Å². The number of hydrogen-bond acceptors (Lipinski definition) is 5. The van der Waals surface area contributed by atoms with Crippen LogP contribution in [0.2, 0.25) is 0 Å². The van der Waals surface area contributed by atoms with Gasteiger partial charge in [-0.1, -0.05) is 0 Å².